The molecule has 0 aliphatic rings. The first kappa shape index (κ1) is 9.99. The van der Waals surface area contributed by atoms with E-state index in [1.807, 2.05) is 24.3 Å². The summed E-state index contributed by atoms with van der Waals surface area (Å²) in [7, 11) is 0. The van der Waals surface area contributed by atoms with Crippen LogP contribution in [0.2, 0.25) is 0 Å². The van der Waals surface area contributed by atoms with Gasteiger partial charge in [-0.1, -0.05) is 18.2 Å². The first-order valence-electron chi connectivity index (χ1n) is 4.68. The van der Waals surface area contributed by atoms with Crippen LogP contribution in [0.4, 0.5) is 5.69 Å². The van der Waals surface area contributed by atoms with Crippen LogP contribution in [0.5, 0.6) is 11.6 Å². The van der Waals surface area contributed by atoms with Gasteiger partial charge in [-0.15, -0.1) is 0 Å². The van der Waals surface area contributed by atoms with Gasteiger partial charge in [0.05, 0.1) is 11.3 Å². The van der Waals surface area contributed by atoms with Gasteiger partial charge in [-0.05, 0) is 18.2 Å². The molecule has 0 amide bonds. The normalized spacial score (nSPS) is 9.44. The van der Waals surface area contributed by atoms with Crippen LogP contribution in [0, 0.1) is 11.3 Å². The van der Waals surface area contributed by atoms with Crippen LogP contribution in [0.15, 0.2) is 42.6 Å². The highest BCUT2D eigenvalue weighted by molar-refractivity contribution is 5.53. The van der Waals surface area contributed by atoms with Crippen molar-refractivity contribution in [1.29, 1.82) is 5.26 Å². The van der Waals surface area contributed by atoms with Crippen molar-refractivity contribution in [2.75, 3.05) is 5.73 Å². The summed E-state index contributed by atoms with van der Waals surface area (Å²) in [6, 6.07) is 12.7. The van der Waals surface area contributed by atoms with Crippen molar-refractivity contribution in [3.63, 3.8) is 0 Å². The average Bonchev–Trinajstić information content (AvgIpc) is 2.33. The van der Waals surface area contributed by atoms with E-state index < -0.39 is 0 Å². The predicted octanol–water partition coefficient (Wildman–Crippen LogP) is 2.33. The molecule has 0 spiro atoms. The number of benzene rings is 1. The van der Waals surface area contributed by atoms with Crippen molar-refractivity contribution in [2.24, 2.45) is 0 Å². The quantitative estimate of drug-likeness (QED) is 0.827. The number of nitrogen functional groups attached to an aromatic ring is 1. The third-order valence-electron chi connectivity index (χ3n) is 1.97. The van der Waals surface area contributed by atoms with Crippen molar-refractivity contribution in [3.05, 3.63) is 48.2 Å². The third-order valence-corrected chi connectivity index (χ3v) is 1.97. The Morgan fingerprint density at radius 3 is 2.62 bits per heavy atom. The lowest BCUT2D eigenvalue weighted by molar-refractivity contribution is 0.465. The lowest BCUT2D eigenvalue weighted by atomic mass is 10.3. The first-order chi connectivity index (χ1) is 7.79. The van der Waals surface area contributed by atoms with Crippen molar-refractivity contribution < 1.29 is 4.74 Å². The van der Waals surface area contributed by atoms with E-state index in [1.165, 1.54) is 12.3 Å². The number of anilines is 1. The van der Waals surface area contributed by atoms with E-state index in [0.29, 0.717) is 22.9 Å². The summed E-state index contributed by atoms with van der Waals surface area (Å²) >= 11 is 0. The van der Waals surface area contributed by atoms with E-state index in [9.17, 15) is 0 Å². The van der Waals surface area contributed by atoms with Crippen LogP contribution < -0.4 is 10.5 Å². The molecule has 0 atom stereocenters. The topological polar surface area (TPSA) is 71.9 Å². The molecule has 0 aliphatic carbocycles. The molecule has 4 nitrogen and oxygen atoms in total. The molecule has 0 aliphatic heterocycles. The fourth-order valence-electron chi connectivity index (χ4n) is 1.22. The molecule has 0 unspecified atom stereocenters. The highest BCUT2D eigenvalue weighted by Crippen LogP contribution is 2.24. The number of nitrogens with two attached hydrogens (primary N) is 1. The Morgan fingerprint density at radius 2 is 2.00 bits per heavy atom. The Balaban J connectivity index is 2.27. The summed E-state index contributed by atoms with van der Waals surface area (Å²) in [5.74, 6) is 0.969. The number of ether oxygens (including phenoxy) is 1. The zero-order valence-corrected chi connectivity index (χ0v) is 8.42. The summed E-state index contributed by atoms with van der Waals surface area (Å²) in [6.07, 6.45) is 1.43. The maximum Gasteiger partial charge on any atom is 0.242 e. The molecule has 2 aromatic rings. The number of pyridine rings is 1. The SMILES string of the molecule is N#Cc1cnc(Oc2ccccc2)c(N)c1. The molecule has 2 N–H and O–H groups in total. The molecule has 1 heterocycles. The zero-order valence-electron chi connectivity index (χ0n) is 8.42. The van der Waals surface area contributed by atoms with Crippen LogP contribution in [0.1, 0.15) is 5.56 Å². The lowest BCUT2D eigenvalue weighted by Gasteiger charge is -2.06. The van der Waals surface area contributed by atoms with Gasteiger partial charge in [0.1, 0.15) is 11.8 Å². The fraction of sp³-hybridized carbons (Fsp3) is 0. The van der Waals surface area contributed by atoms with Gasteiger partial charge in [-0.2, -0.15) is 5.26 Å². The zero-order chi connectivity index (χ0) is 11.4. The minimum Gasteiger partial charge on any atom is -0.437 e. The molecular formula is C12H9N3O. The van der Waals surface area contributed by atoms with Gasteiger partial charge in [0.15, 0.2) is 0 Å². The largest absolute Gasteiger partial charge is 0.437 e. The van der Waals surface area contributed by atoms with Gasteiger partial charge >= 0.3 is 0 Å². The fourth-order valence-corrected chi connectivity index (χ4v) is 1.22. The molecule has 0 saturated heterocycles. The third kappa shape index (κ3) is 2.10. The highest BCUT2D eigenvalue weighted by atomic mass is 16.5. The molecule has 0 fully saturated rings. The Kier molecular flexibility index (Phi) is 2.70. The van der Waals surface area contributed by atoms with Crippen LogP contribution in [-0.4, -0.2) is 4.98 Å². The molecule has 78 valence electrons. The summed E-state index contributed by atoms with van der Waals surface area (Å²) in [6.45, 7) is 0. The molecule has 4 heteroatoms. The van der Waals surface area contributed by atoms with Crippen molar-refractivity contribution in [2.45, 2.75) is 0 Å². The predicted molar refractivity (Wildman–Crippen MR) is 59.9 cm³/mol. The minimum absolute atomic E-state index is 0.310. The number of nitrogens with zero attached hydrogens (tertiary/aromatic N) is 2. The molecule has 2 rings (SSSR count). The van der Waals surface area contributed by atoms with Crippen molar-refractivity contribution >= 4 is 5.69 Å². The van der Waals surface area contributed by atoms with Gasteiger partial charge in [-0.25, -0.2) is 4.98 Å². The van der Waals surface area contributed by atoms with Gasteiger partial charge in [-0.3, -0.25) is 0 Å². The van der Waals surface area contributed by atoms with Gasteiger partial charge < -0.3 is 10.5 Å². The molecule has 1 aromatic carbocycles. The van der Waals surface area contributed by atoms with Crippen molar-refractivity contribution in [3.8, 4) is 17.7 Å². The molecule has 0 saturated carbocycles. The second kappa shape index (κ2) is 4.32. The second-order valence-electron chi connectivity index (χ2n) is 3.15. The smallest absolute Gasteiger partial charge is 0.242 e. The van der Waals surface area contributed by atoms with E-state index in [0.717, 1.165) is 0 Å². The lowest BCUT2D eigenvalue weighted by Crippen LogP contribution is -1.95. The number of para-hydroxylation sites is 1. The van der Waals surface area contributed by atoms with Crippen LogP contribution >= 0.6 is 0 Å². The highest BCUT2D eigenvalue weighted by Gasteiger charge is 2.04. The maximum absolute atomic E-state index is 8.66. The van der Waals surface area contributed by atoms with E-state index in [1.54, 1.807) is 12.1 Å². The summed E-state index contributed by atoms with van der Waals surface area (Å²) in [5.41, 5.74) is 6.47. The van der Waals surface area contributed by atoms with Gasteiger partial charge in [0.25, 0.3) is 0 Å². The van der Waals surface area contributed by atoms with Crippen LogP contribution in [-0.2, 0) is 0 Å². The van der Waals surface area contributed by atoms with E-state index in [4.69, 9.17) is 15.7 Å². The number of hydrogen-bond acceptors (Lipinski definition) is 4. The van der Waals surface area contributed by atoms with Crippen LogP contribution in [0.3, 0.4) is 0 Å². The molecule has 0 bridgehead atoms. The Hall–Kier alpha value is -2.54. The molecule has 16 heavy (non-hydrogen) atoms. The molecular weight excluding hydrogens is 202 g/mol. The van der Waals surface area contributed by atoms with E-state index in [-0.39, 0.29) is 0 Å². The number of aromatic nitrogens is 1. The van der Waals surface area contributed by atoms with Gasteiger partial charge in [0, 0.05) is 6.20 Å². The molecule has 1 aromatic heterocycles. The maximum atomic E-state index is 8.66. The Bertz CT molecular complexity index is 532. The van der Waals surface area contributed by atoms with Crippen molar-refractivity contribution in [1.82, 2.24) is 4.98 Å². The summed E-state index contributed by atoms with van der Waals surface area (Å²) in [4.78, 5) is 3.97. The minimum atomic E-state index is 0.310. The number of nitriles is 1. The van der Waals surface area contributed by atoms with Crippen LogP contribution in [0.25, 0.3) is 0 Å². The summed E-state index contributed by atoms with van der Waals surface area (Å²) in [5, 5.41) is 8.66. The Labute approximate surface area is 92.9 Å². The average molecular weight is 211 g/mol. The molecule has 0 radical (unpaired) electrons. The first-order valence-corrected chi connectivity index (χ1v) is 4.68. The number of hydrogen-bond donors (Lipinski definition) is 1. The van der Waals surface area contributed by atoms with E-state index >= 15 is 0 Å². The monoisotopic (exact) mass is 211 g/mol. The second-order valence-corrected chi connectivity index (χ2v) is 3.15. The number of rotatable bonds is 2. The summed E-state index contributed by atoms with van der Waals surface area (Å²) < 4.78 is 5.46. The van der Waals surface area contributed by atoms with E-state index in [2.05, 4.69) is 4.98 Å². The van der Waals surface area contributed by atoms with Gasteiger partial charge in [0.2, 0.25) is 5.88 Å². The standard InChI is InChI=1S/C12H9N3O/c13-7-9-6-11(14)12(15-8-9)16-10-4-2-1-3-5-10/h1-6,8H,14H2. The Morgan fingerprint density at radius 1 is 1.25 bits per heavy atom.